The number of hydrogen-bond acceptors (Lipinski definition) is 5. The average molecular weight is 550 g/mol. The molecule has 1 aliphatic rings. The molecule has 0 bridgehead atoms. The lowest BCUT2D eigenvalue weighted by Gasteiger charge is -2.21. The van der Waals surface area contributed by atoms with Gasteiger partial charge in [-0.3, -0.25) is 10.1 Å². The van der Waals surface area contributed by atoms with Crippen LogP contribution in [-0.4, -0.2) is 26.6 Å². The molecule has 200 valence electrons. The summed E-state index contributed by atoms with van der Waals surface area (Å²) in [5, 5.41) is 12.4. The predicted octanol–water partition coefficient (Wildman–Crippen LogP) is 7.02. The number of amides is 1. The van der Waals surface area contributed by atoms with Crippen LogP contribution in [0.1, 0.15) is 57.7 Å². The molecule has 1 aliphatic carbocycles. The SMILES string of the molecule is N#Cc1ccc(-c2cn(Cc3cccc(C(=O)Nc4nc5c(s4)C[C@@H](CCCC(F)(F)F)CC5)c3)cn2)cc1. The third kappa shape index (κ3) is 6.92. The summed E-state index contributed by atoms with van der Waals surface area (Å²) in [6.45, 7) is 0.533. The average Bonchev–Trinajstić information content (AvgIpc) is 3.54. The zero-order valence-corrected chi connectivity index (χ0v) is 21.9. The molecule has 5 rings (SSSR count). The minimum absolute atomic E-state index is 0.151. The number of anilines is 1. The molecule has 1 amide bonds. The number of fused-ring (bicyclic) bond motifs is 1. The van der Waals surface area contributed by atoms with E-state index in [0.717, 1.165) is 40.2 Å². The number of nitriles is 1. The summed E-state index contributed by atoms with van der Waals surface area (Å²) in [5.41, 5.74) is 4.69. The van der Waals surface area contributed by atoms with Crippen molar-refractivity contribution in [3.63, 3.8) is 0 Å². The van der Waals surface area contributed by atoms with E-state index in [1.807, 2.05) is 41.1 Å². The van der Waals surface area contributed by atoms with Crippen molar-refractivity contribution in [1.82, 2.24) is 14.5 Å². The molecule has 10 heteroatoms. The molecule has 0 aliphatic heterocycles. The van der Waals surface area contributed by atoms with Crippen LogP contribution in [0.4, 0.5) is 18.3 Å². The van der Waals surface area contributed by atoms with Gasteiger partial charge in [-0.1, -0.05) is 24.3 Å². The summed E-state index contributed by atoms with van der Waals surface area (Å²) in [7, 11) is 0. The van der Waals surface area contributed by atoms with Crippen molar-refractivity contribution in [2.45, 2.75) is 51.2 Å². The van der Waals surface area contributed by atoms with Gasteiger partial charge in [-0.15, -0.1) is 11.3 Å². The largest absolute Gasteiger partial charge is 0.389 e. The first kappa shape index (κ1) is 26.6. The number of rotatable bonds is 8. The fourth-order valence-corrected chi connectivity index (χ4v) is 5.95. The van der Waals surface area contributed by atoms with Gasteiger partial charge in [-0.25, -0.2) is 9.97 Å². The summed E-state index contributed by atoms with van der Waals surface area (Å²) in [5.74, 6) is -0.0327. The van der Waals surface area contributed by atoms with Crippen LogP contribution in [0, 0.1) is 17.2 Å². The van der Waals surface area contributed by atoms with Crippen molar-refractivity contribution in [3.8, 4) is 17.3 Å². The summed E-state index contributed by atoms with van der Waals surface area (Å²) in [6.07, 6.45) is 1.78. The molecule has 1 atom stereocenters. The number of thiazole rings is 1. The molecule has 2 aromatic heterocycles. The van der Waals surface area contributed by atoms with Crippen LogP contribution in [-0.2, 0) is 19.4 Å². The molecule has 2 heterocycles. The molecule has 2 aromatic carbocycles. The molecular weight excluding hydrogens is 523 g/mol. The van der Waals surface area contributed by atoms with E-state index in [1.54, 1.807) is 24.5 Å². The molecule has 0 fully saturated rings. The van der Waals surface area contributed by atoms with Crippen LogP contribution in [0.3, 0.4) is 0 Å². The van der Waals surface area contributed by atoms with Gasteiger partial charge in [0, 0.05) is 35.2 Å². The Balaban J connectivity index is 1.19. The summed E-state index contributed by atoms with van der Waals surface area (Å²) >= 11 is 1.42. The summed E-state index contributed by atoms with van der Waals surface area (Å²) in [4.78, 5) is 23.1. The topological polar surface area (TPSA) is 83.6 Å². The Labute approximate surface area is 228 Å². The molecule has 6 nitrogen and oxygen atoms in total. The highest BCUT2D eigenvalue weighted by Crippen LogP contribution is 2.35. The van der Waals surface area contributed by atoms with Crippen LogP contribution in [0.15, 0.2) is 61.1 Å². The van der Waals surface area contributed by atoms with Crippen LogP contribution in [0.5, 0.6) is 0 Å². The lowest BCUT2D eigenvalue weighted by molar-refractivity contribution is -0.136. The molecule has 0 saturated heterocycles. The highest BCUT2D eigenvalue weighted by molar-refractivity contribution is 7.15. The minimum Gasteiger partial charge on any atom is -0.332 e. The zero-order chi connectivity index (χ0) is 27.4. The van der Waals surface area contributed by atoms with Gasteiger partial charge in [0.05, 0.1) is 29.3 Å². The van der Waals surface area contributed by atoms with Crippen molar-refractivity contribution in [3.05, 3.63) is 88.3 Å². The summed E-state index contributed by atoms with van der Waals surface area (Å²) < 4.78 is 39.4. The van der Waals surface area contributed by atoms with E-state index >= 15 is 0 Å². The first-order valence-corrected chi connectivity index (χ1v) is 13.6. The van der Waals surface area contributed by atoms with Crippen LogP contribution in [0.25, 0.3) is 11.3 Å². The third-order valence-electron chi connectivity index (χ3n) is 6.83. The number of nitrogens with zero attached hydrogens (tertiary/aromatic N) is 4. The Hall–Kier alpha value is -3.97. The second-order valence-corrected chi connectivity index (χ2v) is 10.9. The number of aromatic nitrogens is 3. The van der Waals surface area contributed by atoms with E-state index < -0.39 is 12.6 Å². The van der Waals surface area contributed by atoms with E-state index in [4.69, 9.17) is 5.26 Å². The Morgan fingerprint density at radius 2 is 2.03 bits per heavy atom. The molecule has 0 unspecified atom stereocenters. The lowest BCUT2D eigenvalue weighted by atomic mass is 9.87. The van der Waals surface area contributed by atoms with Gasteiger partial charge in [0.25, 0.3) is 5.91 Å². The fourth-order valence-electron chi connectivity index (χ4n) is 4.84. The highest BCUT2D eigenvalue weighted by atomic mass is 32.1. The molecule has 0 spiro atoms. The van der Waals surface area contributed by atoms with Gasteiger partial charge >= 0.3 is 6.18 Å². The van der Waals surface area contributed by atoms with Crippen LogP contribution in [0.2, 0.25) is 0 Å². The van der Waals surface area contributed by atoms with E-state index in [9.17, 15) is 18.0 Å². The molecule has 0 saturated carbocycles. The van der Waals surface area contributed by atoms with Crippen molar-refractivity contribution < 1.29 is 18.0 Å². The number of carbonyl (C=O) groups is 1. The van der Waals surface area contributed by atoms with Gasteiger partial charge in [-0.05, 0) is 67.9 Å². The van der Waals surface area contributed by atoms with Crippen LogP contribution < -0.4 is 5.32 Å². The predicted molar refractivity (Wildman–Crippen MR) is 143 cm³/mol. The maximum absolute atomic E-state index is 13.0. The number of hydrogen-bond donors (Lipinski definition) is 1. The summed E-state index contributed by atoms with van der Waals surface area (Å²) in [6, 6.07) is 16.7. The van der Waals surface area contributed by atoms with E-state index in [2.05, 4.69) is 21.4 Å². The first-order chi connectivity index (χ1) is 18.8. The van der Waals surface area contributed by atoms with E-state index in [0.29, 0.717) is 35.6 Å². The number of imidazole rings is 1. The maximum Gasteiger partial charge on any atom is 0.389 e. The van der Waals surface area contributed by atoms with Crippen LogP contribution >= 0.6 is 11.3 Å². The molecule has 39 heavy (non-hydrogen) atoms. The second kappa shape index (κ2) is 11.4. The van der Waals surface area contributed by atoms with Gasteiger partial charge in [-0.2, -0.15) is 18.4 Å². The smallest absolute Gasteiger partial charge is 0.332 e. The van der Waals surface area contributed by atoms with Gasteiger partial charge < -0.3 is 4.57 Å². The Bertz CT molecular complexity index is 1500. The minimum atomic E-state index is -4.10. The number of carbonyl (C=O) groups excluding carboxylic acids is 1. The van der Waals surface area contributed by atoms with Crippen molar-refractivity contribution in [1.29, 1.82) is 5.26 Å². The quantitative estimate of drug-likeness (QED) is 0.256. The Morgan fingerprint density at radius 3 is 2.79 bits per heavy atom. The number of nitrogens with one attached hydrogen (secondary N) is 1. The highest BCUT2D eigenvalue weighted by Gasteiger charge is 2.28. The molecule has 0 radical (unpaired) electrons. The molecule has 4 aromatic rings. The zero-order valence-electron chi connectivity index (χ0n) is 21.0. The number of alkyl halides is 3. The molecule has 1 N–H and O–H groups in total. The van der Waals surface area contributed by atoms with Crippen molar-refractivity contribution >= 4 is 22.4 Å². The van der Waals surface area contributed by atoms with E-state index in [1.165, 1.54) is 11.3 Å². The lowest BCUT2D eigenvalue weighted by Crippen LogP contribution is -2.15. The maximum atomic E-state index is 13.0. The van der Waals surface area contributed by atoms with E-state index in [-0.39, 0.29) is 18.2 Å². The van der Waals surface area contributed by atoms with Gasteiger partial charge in [0.15, 0.2) is 5.13 Å². The third-order valence-corrected chi connectivity index (χ3v) is 7.87. The standard InChI is InChI=1S/C29H26F3N5OS/c30-29(31,32)12-2-4-19-8-11-24-26(14-19)39-28(35-24)36-27(38)23-5-1-3-21(13-23)16-37-17-25(34-18-37)22-9-6-20(15-33)7-10-22/h1,3,5-7,9-10,13,17-19H,2,4,8,11-12,14,16H2,(H,35,36,38)/t19-/m0/s1. The normalized spacial score (nSPS) is 15.0. The Kier molecular flexibility index (Phi) is 7.79. The number of aryl methyl sites for hydroxylation is 1. The second-order valence-electron chi connectivity index (χ2n) is 9.78. The number of benzene rings is 2. The van der Waals surface area contributed by atoms with Crippen molar-refractivity contribution in [2.24, 2.45) is 5.92 Å². The monoisotopic (exact) mass is 549 g/mol. The van der Waals surface area contributed by atoms with Gasteiger partial charge in [0.1, 0.15) is 0 Å². The number of halogens is 3. The first-order valence-electron chi connectivity index (χ1n) is 12.7. The van der Waals surface area contributed by atoms with Gasteiger partial charge in [0.2, 0.25) is 0 Å². The fraction of sp³-hybridized carbons (Fsp3) is 0.310. The Morgan fingerprint density at radius 1 is 1.21 bits per heavy atom. The molecular formula is C29H26F3N5OS. The van der Waals surface area contributed by atoms with Crippen molar-refractivity contribution in [2.75, 3.05) is 5.32 Å².